The predicted molar refractivity (Wildman–Crippen MR) is 41.0 cm³/mol. The molecule has 0 saturated heterocycles. The van der Waals surface area contributed by atoms with Crippen molar-refractivity contribution in [3.63, 3.8) is 0 Å². The number of rotatable bonds is 4. The van der Waals surface area contributed by atoms with Crippen LogP contribution in [0, 0.1) is 0 Å². The summed E-state index contributed by atoms with van der Waals surface area (Å²) in [5, 5.41) is 20.1. The van der Waals surface area contributed by atoms with Gasteiger partial charge in [0.05, 0.1) is 6.10 Å². The number of nitrogens with one attached hydrogen (secondary N) is 1. The molecular formula is C7H15NO3. The number of hydrogen-bond acceptors (Lipinski definition) is 3. The molecule has 0 aromatic rings. The summed E-state index contributed by atoms with van der Waals surface area (Å²) in [5.41, 5.74) is 0. The molecule has 4 nitrogen and oxygen atoms in total. The first-order valence-corrected chi connectivity index (χ1v) is 3.71. The molecule has 3 N–H and O–H groups in total. The lowest BCUT2D eigenvalue weighted by atomic mass is 10.2. The topological polar surface area (TPSA) is 69.6 Å². The maximum atomic E-state index is 10.7. The van der Waals surface area contributed by atoms with Crippen molar-refractivity contribution in [2.45, 2.75) is 32.5 Å². The highest BCUT2D eigenvalue weighted by atomic mass is 16.3. The Morgan fingerprint density at radius 2 is 2.09 bits per heavy atom. The first-order chi connectivity index (χ1) is 5.07. The SMILES string of the molecule is CC[C@H](O)CNC(=O)[C@H](C)O. The molecule has 11 heavy (non-hydrogen) atoms. The fourth-order valence-electron chi connectivity index (χ4n) is 0.510. The van der Waals surface area contributed by atoms with Crippen LogP contribution in [-0.4, -0.2) is 34.9 Å². The van der Waals surface area contributed by atoms with Crippen molar-refractivity contribution in [1.29, 1.82) is 0 Å². The third kappa shape index (κ3) is 4.75. The maximum Gasteiger partial charge on any atom is 0.248 e. The van der Waals surface area contributed by atoms with Gasteiger partial charge in [0.15, 0.2) is 0 Å². The number of aliphatic hydroxyl groups excluding tert-OH is 2. The Kier molecular flexibility index (Phi) is 4.81. The predicted octanol–water partition coefficient (Wildman–Crippen LogP) is -0.746. The second-order valence-electron chi connectivity index (χ2n) is 2.48. The molecule has 4 heteroatoms. The number of carbonyl (C=O) groups excluding carboxylic acids is 1. The van der Waals surface area contributed by atoms with Gasteiger partial charge >= 0.3 is 0 Å². The zero-order chi connectivity index (χ0) is 8.85. The van der Waals surface area contributed by atoms with Crippen LogP contribution >= 0.6 is 0 Å². The molecular weight excluding hydrogens is 146 g/mol. The fourth-order valence-corrected chi connectivity index (χ4v) is 0.510. The lowest BCUT2D eigenvalue weighted by molar-refractivity contribution is -0.128. The van der Waals surface area contributed by atoms with Gasteiger partial charge in [-0.1, -0.05) is 6.92 Å². The third-order valence-electron chi connectivity index (χ3n) is 1.36. The van der Waals surface area contributed by atoms with Crippen LogP contribution in [0.4, 0.5) is 0 Å². The van der Waals surface area contributed by atoms with Crippen molar-refractivity contribution in [3.05, 3.63) is 0 Å². The summed E-state index contributed by atoms with van der Waals surface area (Å²) in [4.78, 5) is 10.7. The van der Waals surface area contributed by atoms with Crippen LogP contribution in [0.2, 0.25) is 0 Å². The first-order valence-electron chi connectivity index (χ1n) is 3.71. The highest BCUT2D eigenvalue weighted by molar-refractivity contribution is 5.79. The molecule has 0 bridgehead atoms. The quantitative estimate of drug-likeness (QED) is 0.508. The second-order valence-corrected chi connectivity index (χ2v) is 2.48. The Morgan fingerprint density at radius 3 is 2.45 bits per heavy atom. The molecule has 1 amide bonds. The average molecular weight is 161 g/mol. The van der Waals surface area contributed by atoms with Gasteiger partial charge < -0.3 is 15.5 Å². The molecule has 66 valence electrons. The summed E-state index contributed by atoms with van der Waals surface area (Å²) in [7, 11) is 0. The fraction of sp³-hybridized carbons (Fsp3) is 0.857. The van der Waals surface area contributed by atoms with E-state index in [0.717, 1.165) is 0 Å². The highest BCUT2D eigenvalue weighted by Crippen LogP contribution is 1.87. The van der Waals surface area contributed by atoms with E-state index >= 15 is 0 Å². The van der Waals surface area contributed by atoms with Gasteiger partial charge in [-0.25, -0.2) is 0 Å². The molecule has 0 saturated carbocycles. The van der Waals surface area contributed by atoms with Gasteiger partial charge in [0.25, 0.3) is 0 Å². The zero-order valence-electron chi connectivity index (χ0n) is 6.87. The van der Waals surface area contributed by atoms with Crippen molar-refractivity contribution in [2.24, 2.45) is 0 Å². The second kappa shape index (κ2) is 5.09. The lowest BCUT2D eigenvalue weighted by Gasteiger charge is -2.10. The maximum absolute atomic E-state index is 10.7. The largest absolute Gasteiger partial charge is 0.391 e. The van der Waals surface area contributed by atoms with Gasteiger partial charge in [0.1, 0.15) is 6.10 Å². The van der Waals surface area contributed by atoms with Gasteiger partial charge in [-0.3, -0.25) is 4.79 Å². The van der Waals surface area contributed by atoms with Crippen LogP contribution in [0.5, 0.6) is 0 Å². The van der Waals surface area contributed by atoms with Crippen molar-refractivity contribution >= 4 is 5.91 Å². The van der Waals surface area contributed by atoms with Crippen molar-refractivity contribution in [3.8, 4) is 0 Å². The van der Waals surface area contributed by atoms with E-state index in [-0.39, 0.29) is 6.54 Å². The highest BCUT2D eigenvalue weighted by Gasteiger charge is 2.09. The first kappa shape index (κ1) is 10.4. The monoisotopic (exact) mass is 161 g/mol. The van der Waals surface area contributed by atoms with Crippen molar-refractivity contribution in [1.82, 2.24) is 5.32 Å². The molecule has 0 aromatic heterocycles. The Bertz CT molecular complexity index is 125. The number of carbonyl (C=O) groups is 1. The van der Waals surface area contributed by atoms with E-state index in [1.165, 1.54) is 6.92 Å². The van der Waals surface area contributed by atoms with Crippen molar-refractivity contribution < 1.29 is 15.0 Å². The van der Waals surface area contributed by atoms with Crippen molar-refractivity contribution in [2.75, 3.05) is 6.54 Å². The minimum atomic E-state index is -1.00. The molecule has 0 unspecified atom stereocenters. The standard InChI is InChI=1S/C7H15NO3/c1-3-6(10)4-8-7(11)5(2)9/h5-6,9-10H,3-4H2,1-2H3,(H,8,11)/t5-,6-/m0/s1. The summed E-state index contributed by atoms with van der Waals surface area (Å²) in [6.45, 7) is 3.41. The summed E-state index contributed by atoms with van der Waals surface area (Å²) in [6, 6.07) is 0. The Labute approximate surface area is 66.2 Å². The van der Waals surface area contributed by atoms with E-state index in [1.54, 1.807) is 0 Å². The smallest absolute Gasteiger partial charge is 0.248 e. The van der Waals surface area contributed by atoms with Gasteiger partial charge in [-0.15, -0.1) is 0 Å². The van der Waals surface area contributed by atoms with Gasteiger partial charge in [0.2, 0.25) is 5.91 Å². The van der Waals surface area contributed by atoms with E-state index in [2.05, 4.69) is 5.32 Å². The summed E-state index contributed by atoms with van der Waals surface area (Å²) < 4.78 is 0. The molecule has 0 aliphatic rings. The summed E-state index contributed by atoms with van der Waals surface area (Å²) >= 11 is 0. The van der Waals surface area contributed by atoms with Crippen LogP contribution in [0.1, 0.15) is 20.3 Å². The third-order valence-corrected chi connectivity index (χ3v) is 1.36. The van der Waals surface area contributed by atoms with Crippen LogP contribution in [-0.2, 0) is 4.79 Å². The van der Waals surface area contributed by atoms with E-state index in [9.17, 15) is 4.79 Å². The Balaban J connectivity index is 3.46. The molecule has 0 rings (SSSR count). The molecule has 2 atom stereocenters. The number of hydrogen-bond donors (Lipinski definition) is 3. The lowest BCUT2D eigenvalue weighted by Crippen LogP contribution is -2.37. The van der Waals surface area contributed by atoms with Gasteiger partial charge in [0, 0.05) is 6.54 Å². The summed E-state index contributed by atoms with van der Waals surface area (Å²) in [5.74, 6) is -0.447. The number of amides is 1. The minimum absolute atomic E-state index is 0.209. The average Bonchev–Trinajstić information content (AvgIpc) is 1.99. The normalized spacial score (nSPS) is 15.6. The molecule has 0 spiro atoms. The minimum Gasteiger partial charge on any atom is -0.391 e. The van der Waals surface area contributed by atoms with E-state index in [1.807, 2.05) is 6.92 Å². The molecule has 0 heterocycles. The van der Waals surface area contributed by atoms with E-state index < -0.39 is 18.1 Å². The van der Waals surface area contributed by atoms with Crippen LogP contribution in [0.15, 0.2) is 0 Å². The van der Waals surface area contributed by atoms with Gasteiger partial charge in [-0.2, -0.15) is 0 Å². The number of aliphatic hydroxyl groups is 2. The molecule has 0 aliphatic heterocycles. The van der Waals surface area contributed by atoms with Gasteiger partial charge in [-0.05, 0) is 13.3 Å². The van der Waals surface area contributed by atoms with Crippen LogP contribution in [0.3, 0.4) is 0 Å². The van der Waals surface area contributed by atoms with Crippen LogP contribution < -0.4 is 5.32 Å². The van der Waals surface area contributed by atoms with E-state index in [0.29, 0.717) is 6.42 Å². The molecule has 0 aliphatic carbocycles. The summed E-state index contributed by atoms with van der Waals surface area (Å²) in [6.07, 6.45) is -0.920. The zero-order valence-corrected chi connectivity index (χ0v) is 6.87. The van der Waals surface area contributed by atoms with E-state index in [4.69, 9.17) is 10.2 Å². The van der Waals surface area contributed by atoms with Crippen LogP contribution in [0.25, 0.3) is 0 Å². The molecule has 0 fully saturated rings. The Morgan fingerprint density at radius 1 is 1.55 bits per heavy atom. The molecule has 0 aromatic carbocycles. The molecule has 0 radical (unpaired) electrons. The Hall–Kier alpha value is -0.610.